The molecule has 0 fully saturated rings. The van der Waals surface area contributed by atoms with E-state index in [-0.39, 0.29) is 5.23 Å². The molecule has 28 valence electrons. The molecule has 0 spiro atoms. The van der Waals surface area contributed by atoms with Crippen LogP contribution in [-0.2, 0) is 0 Å². The van der Waals surface area contributed by atoms with E-state index >= 15 is 0 Å². The monoisotopic (exact) mass is 78.0 g/mol. The summed E-state index contributed by atoms with van der Waals surface area (Å²) in [5.41, 5.74) is 0. The Morgan fingerprint density at radius 1 is 1.80 bits per heavy atom. The van der Waals surface area contributed by atoms with Crippen molar-refractivity contribution in [2.45, 2.75) is 0 Å². The molecular weight excluding hydrogens is 78.0 g/mol. The van der Waals surface area contributed by atoms with Crippen molar-refractivity contribution in [1.82, 2.24) is 5.23 Å². The number of halogens is 2. The van der Waals surface area contributed by atoms with Crippen molar-refractivity contribution in [3.63, 3.8) is 0 Å². The summed E-state index contributed by atoms with van der Waals surface area (Å²) in [6, 6.07) is 0. The van der Waals surface area contributed by atoms with Crippen molar-refractivity contribution < 1.29 is 8.87 Å². The quantitative estimate of drug-likeness (QED) is 0.303. The highest BCUT2D eigenvalue weighted by Gasteiger charge is 2.22. The van der Waals surface area contributed by atoms with Gasteiger partial charge in [-0.15, -0.1) is 0 Å². The second kappa shape index (κ2) is 0.451. The van der Waals surface area contributed by atoms with Crippen LogP contribution in [0.1, 0.15) is 0 Å². The third kappa shape index (κ3) is 0.207. The first kappa shape index (κ1) is 2.56. The van der Waals surface area contributed by atoms with Crippen LogP contribution in [0.4, 0.5) is 8.87 Å². The summed E-state index contributed by atoms with van der Waals surface area (Å²) in [4.78, 5) is 0. The Morgan fingerprint density at radius 2 is 2.00 bits per heavy atom. The van der Waals surface area contributed by atoms with Gasteiger partial charge in [0.15, 0.2) is 0 Å². The average Bonchev–Trinajstić information content (AvgIpc) is 1.79. The van der Waals surface area contributed by atoms with Gasteiger partial charge in [0, 0.05) is 0 Å². The Bertz CT molecular complexity index is 77.7. The number of hydrogen-bond donors (Lipinski definition) is 0. The minimum atomic E-state index is -1.04. The summed E-state index contributed by atoms with van der Waals surface area (Å²) in [5, 5.41) is 2.14. The highest BCUT2D eigenvalue weighted by Crippen LogP contribution is 2.08. The fraction of sp³-hybridized carbons (Fsp3) is 0. The number of amidine groups is 1. The highest BCUT2D eigenvalue weighted by atomic mass is 19.2. The van der Waals surface area contributed by atoms with Gasteiger partial charge in [-0.2, -0.15) is 4.39 Å². The standard InChI is InChI=1S/CF2N2/c2-1-4-5(1)3. The van der Waals surface area contributed by atoms with E-state index in [4.69, 9.17) is 0 Å². The second-order valence-electron chi connectivity index (χ2n) is 0.629. The Hall–Kier alpha value is -0.670. The van der Waals surface area contributed by atoms with Gasteiger partial charge in [0.25, 0.3) is 0 Å². The van der Waals surface area contributed by atoms with Crippen molar-refractivity contribution in [3.8, 4) is 0 Å². The van der Waals surface area contributed by atoms with Gasteiger partial charge in [0.2, 0.25) is 0 Å². The molecule has 0 saturated heterocycles. The van der Waals surface area contributed by atoms with E-state index in [1.165, 1.54) is 0 Å². The molecule has 2 nitrogen and oxygen atoms in total. The third-order valence-corrected chi connectivity index (χ3v) is 0.283. The van der Waals surface area contributed by atoms with Crippen LogP contribution in [-0.4, -0.2) is 11.3 Å². The molecule has 0 saturated carbocycles. The molecule has 0 bridgehead atoms. The maximum absolute atomic E-state index is 10.8. The summed E-state index contributed by atoms with van der Waals surface area (Å²) in [7, 11) is 0. The topological polar surface area (TPSA) is 15.4 Å². The predicted octanol–water partition coefficient (Wildman–Crippen LogP) is 0.427. The lowest BCUT2D eigenvalue weighted by atomic mass is 11.4. The van der Waals surface area contributed by atoms with Crippen LogP contribution < -0.4 is 0 Å². The summed E-state index contributed by atoms with van der Waals surface area (Å²) in [6.07, 6.45) is -1.04. The third-order valence-electron chi connectivity index (χ3n) is 0.283. The van der Waals surface area contributed by atoms with Gasteiger partial charge >= 0.3 is 6.09 Å². The summed E-state index contributed by atoms with van der Waals surface area (Å²) in [5.74, 6) is 0. The van der Waals surface area contributed by atoms with Crippen LogP contribution >= 0.6 is 0 Å². The van der Waals surface area contributed by atoms with Gasteiger partial charge in [-0.3, -0.25) is 0 Å². The van der Waals surface area contributed by atoms with E-state index in [0.29, 0.717) is 0 Å². The molecule has 0 aromatic heterocycles. The van der Waals surface area contributed by atoms with Crippen molar-refractivity contribution in [3.05, 3.63) is 0 Å². The van der Waals surface area contributed by atoms with Crippen molar-refractivity contribution in [2.24, 2.45) is 5.10 Å². The first-order valence-electron chi connectivity index (χ1n) is 1.01. The lowest BCUT2D eigenvalue weighted by Crippen LogP contribution is -1.79. The van der Waals surface area contributed by atoms with E-state index in [9.17, 15) is 8.87 Å². The van der Waals surface area contributed by atoms with Crippen LogP contribution in [0.2, 0.25) is 0 Å². The minimum absolute atomic E-state index is 0.333. The molecule has 0 aromatic rings. The van der Waals surface area contributed by atoms with Gasteiger partial charge in [-0.25, -0.2) is 0 Å². The van der Waals surface area contributed by atoms with Crippen LogP contribution in [0.15, 0.2) is 5.10 Å². The largest absolute Gasteiger partial charge is 0.354 e. The highest BCUT2D eigenvalue weighted by molar-refractivity contribution is 5.79. The van der Waals surface area contributed by atoms with Crippen molar-refractivity contribution in [2.75, 3.05) is 0 Å². The molecule has 5 heavy (non-hydrogen) atoms. The summed E-state index contributed by atoms with van der Waals surface area (Å²) < 4.78 is 21.6. The molecule has 0 N–H and O–H groups in total. The summed E-state index contributed by atoms with van der Waals surface area (Å²) in [6.45, 7) is 0. The zero-order valence-electron chi connectivity index (χ0n) is 2.15. The van der Waals surface area contributed by atoms with Crippen molar-refractivity contribution >= 4 is 6.09 Å². The van der Waals surface area contributed by atoms with E-state index in [1.807, 2.05) is 0 Å². The molecule has 0 atom stereocenters. The maximum atomic E-state index is 10.8. The number of hydrazone groups is 1. The lowest BCUT2D eigenvalue weighted by Gasteiger charge is -1.63. The Labute approximate surface area is 26.6 Å². The number of hydrogen-bond acceptors (Lipinski definition) is 2. The zero-order chi connectivity index (χ0) is 3.86. The number of nitrogens with zero attached hydrogens (tertiary/aromatic N) is 2. The fourth-order valence-corrected chi connectivity index (χ4v) is 0.0501. The Balaban J connectivity index is 2.38. The summed E-state index contributed by atoms with van der Waals surface area (Å²) >= 11 is 0. The van der Waals surface area contributed by atoms with Crippen molar-refractivity contribution in [1.29, 1.82) is 0 Å². The van der Waals surface area contributed by atoms with Crippen LogP contribution in [0.25, 0.3) is 0 Å². The predicted molar refractivity (Wildman–Crippen MR) is 11.5 cm³/mol. The fourth-order valence-electron chi connectivity index (χ4n) is 0.0501. The first-order chi connectivity index (χ1) is 2.30. The normalized spacial score (nSPS) is 18.8. The number of rotatable bonds is 0. The molecule has 0 aromatic carbocycles. The van der Waals surface area contributed by atoms with Gasteiger partial charge in [-0.1, -0.05) is 9.58 Å². The first-order valence-corrected chi connectivity index (χ1v) is 1.01. The molecule has 1 aliphatic heterocycles. The Kier molecular flexibility index (Phi) is 0.231. The van der Waals surface area contributed by atoms with Gasteiger partial charge in [-0.05, 0) is 5.23 Å². The van der Waals surface area contributed by atoms with Crippen LogP contribution in [0.3, 0.4) is 0 Å². The van der Waals surface area contributed by atoms with Gasteiger partial charge in [0.05, 0.1) is 0 Å². The van der Waals surface area contributed by atoms with E-state index in [1.54, 1.807) is 0 Å². The van der Waals surface area contributed by atoms with Gasteiger partial charge in [0.1, 0.15) is 0 Å². The average molecular weight is 78.0 g/mol. The minimum Gasteiger partial charge on any atom is -0.157 e. The SMILES string of the molecule is FC1=NN1F. The molecular formula is CF2N2. The van der Waals surface area contributed by atoms with E-state index < -0.39 is 6.09 Å². The molecule has 1 aliphatic rings. The van der Waals surface area contributed by atoms with E-state index in [0.717, 1.165) is 0 Å². The molecule has 1 rings (SSSR count). The zero-order valence-corrected chi connectivity index (χ0v) is 2.15. The Morgan fingerprint density at radius 3 is 2.00 bits per heavy atom. The molecule has 1 heterocycles. The van der Waals surface area contributed by atoms with E-state index in [2.05, 4.69) is 5.10 Å². The maximum Gasteiger partial charge on any atom is 0.354 e. The molecule has 0 unspecified atom stereocenters. The lowest BCUT2D eigenvalue weighted by molar-refractivity contribution is 0.182. The second-order valence-corrected chi connectivity index (χ2v) is 0.629. The van der Waals surface area contributed by atoms with Crippen LogP contribution in [0, 0.1) is 0 Å². The molecule has 0 aliphatic carbocycles. The van der Waals surface area contributed by atoms with Crippen LogP contribution in [0.5, 0.6) is 0 Å². The molecule has 4 heteroatoms. The molecule has 0 amide bonds. The smallest absolute Gasteiger partial charge is 0.157 e. The molecule has 0 radical (unpaired) electrons. The van der Waals surface area contributed by atoms with Gasteiger partial charge < -0.3 is 0 Å².